The lowest BCUT2D eigenvalue weighted by molar-refractivity contribution is 0.412. The average molecular weight is 217 g/mol. The molecule has 0 radical (unpaired) electrons. The Labute approximate surface area is 96.6 Å². The van der Waals surface area contributed by atoms with Crippen LogP contribution in [0, 0.1) is 6.92 Å². The maximum atomic E-state index is 5.33. The van der Waals surface area contributed by atoms with E-state index >= 15 is 0 Å². The van der Waals surface area contributed by atoms with E-state index in [1.165, 1.54) is 35.0 Å². The van der Waals surface area contributed by atoms with Gasteiger partial charge in [0.15, 0.2) is 0 Å². The lowest BCUT2D eigenvalue weighted by atomic mass is 10.1. The summed E-state index contributed by atoms with van der Waals surface area (Å²) in [6, 6.07) is 6.49. The highest BCUT2D eigenvalue weighted by atomic mass is 16.5. The third kappa shape index (κ3) is 2.06. The second kappa shape index (κ2) is 4.60. The van der Waals surface area contributed by atoms with Crippen molar-refractivity contribution in [2.24, 2.45) is 0 Å². The molecule has 0 aliphatic carbocycles. The highest BCUT2D eigenvalue weighted by molar-refractivity contribution is 5.83. The van der Waals surface area contributed by atoms with Gasteiger partial charge in [0.1, 0.15) is 5.75 Å². The van der Waals surface area contributed by atoms with Gasteiger partial charge >= 0.3 is 0 Å². The van der Waals surface area contributed by atoms with Gasteiger partial charge in [-0.3, -0.25) is 0 Å². The molecule has 0 saturated heterocycles. The van der Waals surface area contributed by atoms with Gasteiger partial charge in [0.2, 0.25) is 0 Å². The minimum Gasteiger partial charge on any atom is -0.496 e. The molecule has 0 spiro atoms. The van der Waals surface area contributed by atoms with Crippen LogP contribution in [0.1, 0.15) is 31.0 Å². The van der Waals surface area contributed by atoms with Crippen LogP contribution in [-0.4, -0.2) is 12.1 Å². The number of rotatable bonds is 4. The van der Waals surface area contributed by atoms with Crippen LogP contribution in [0.25, 0.3) is 10.9 Å². The molecular weight excluding hydrogens is 198 g/mol. The van der Waals surface area contributed by atoms with Crippen LogP contribution < -0.4 is 4.74 Å². The molecule has 0 atom stereocenters. The smallest absolute Gasteiger partial charge is 0.122 e. The summed E-state index contributed by atoms with van der Waals surface area (Å²) < 4.78 is 5.33. The molecule has 16 heavy (non-hydrogen) atoms. The van der Waals surface area contributed by atoms with Crippen molar-refractivity contribution in [3.05, 3.63) is 29.5 Å². The number of nitrogens with one attached hydrogen (secondary N) is 1. The van der Waals surface area contributed by atoms with Crippen LogP contribution in [0.15, 0.2) is 18.2 Å². The van der Waals surface area contributed by atoms with Gasteiger partial charge in [-0.25, -0.2) is 0 Å². The van der Waals surface area contributed by atoms with Crippen LogP contribution in [-0.2, 0) is 6.42 Å². The molecular formula is C14H19NO. The van der Waals surface area contributed by atoms with Crippen molar-refractivity contribution in [3.63, 3.8) is 0 Å². The zero-order chi connectivity index (χ0) is 11.5. The summed E-state index contributed by atoms with van der Waals surface area (Å²) in [5.74, 6) is 0.966. The van der Waals surface area contributed by atoms with E-state index in [0.29, 0.717) is 0 Å². The number of benzene rings is 1. The summed E-state index contributed by atoms with van der Waals surface area (Å²) in [7, 11) is 1.72. The summed E-state index contributed by atoms with van der Waals surface area (Å²) >= 11 is 0. The molecule has 0 saturated carbocycles. The van der Waals surface area contributed by atoms with Crippen molar-refractivity contribution in [2.45, 2.75) is 33.1 Å². The van der Waals surface area contributed by atoms with Gasteiger partial charge in [-0.2, -0.15) is 0 Å². The maximum absolute atomic E-state index is 5.33. The highest BCUT2D eigenvalue weighted by Crippen LogP contribution is 2.26. The fourth-order valence-electron chi connectivity index (χ4n) is 2.05. The van der Waals surface area contributed by atoms with E-state index in [9.17, 15) is 0 Å². The molecule has 2 rings (SSSR count). The molecule has 0 fully saturated rings. The third-order valence-corrected chi connectivity index (χ3v) is 2.99. The number of H-pyrrole nitrogens is 1. The van der Waals surface area contributed by atoms with Gasteiger partial charge in [-0.1, -0.05) is 13.3 Å². The predicted octanol–water partition coefficient (Wildman–Crippen LogP) is 3.83. The number of fused-ring (bicyclic) bond motifs is 1. The summed E-state index contributed by atoms with van der Waals surface area (Å²) in [5.41, 5.74) is 3.72. The molecule has 0 aliphatic heterocycles. The molecule has 0 unspecified atom stereocenters. The zero-order valence-electron chi connectivity index (χ0n) is 10.3. The van der Waals surface area contributed by atoms with Gasteiger partial charge in [0, 0.05) is 16.6 Å². The summed E-state index contributed by atoms with van der Waals surface area (Å²) in [5, 5.41) is 1.24. The Morgan fingerprint density at radius 1 is 1.25 bits per heavy atom. The molecule has 2 aromatic rings. The first-order chi connectivity index (χ1) is 7.74. The quantitative estimate of drug-likeness (QED) is 0.827. The number of aryl methyl sites for hydroxylation is 2. The van der Waals surface area contributed by atoms with Gasteiger partial charge < -0.3 is 9.72 Å². The van der Waals surface area contributed by atoms with E-state index in [2.05, 4.69) is 37.0 Å². The highest BCUT2D eigenvalue weighted by Gasteiger charge is 2.05. The van der Waals surface area contributed by atoms with Crippen molar-refractivity contribution >= 4 is 10.9 Å². The Balaban J connectivity index is 2.37. The number of aromatic amines is 1. The van der Waals surface area contributed by atoms with Crippen LogP contribution in [0.4, 0.5) is 0 Å². The molecule has 2 nitrogen and oxygen atoms in total. The lowest BCUT2D eigenvalue weighted by Crippen LogP contribution is -1.86. The molecule has 1 aromatic heterocycles. The number of aromatic nitrogens is 1. The fraction of sp³-hybridized carbons (Fsp3) is 0.429. The van der Waals surface area contributed by atoms with E-state index < -0.39 is 0 Å². The number of methoxy groups -OCH3 is 1. The first kappa shape index (κ1) is 11.1. The first-order valence-electron chi connectivity index (χ1n) is 5.91. The molecule has 2 heteroatoms. The minimum absolute atomic E-state index is 0.966. The summed E-state index contributed by atoms with van der Waals surface area (Å²) in [4.78, 5) is 3.47. The van der Waals surface area contributed by atoms with Crippen molar-refractivity contribution in [1.82, 2.24) is 4.98 Å². The fourth-order valence-corrected chi connectivity index (χ4v) is 2.05. The third-order valence-electron chi connectivity index (χ3n) is 2.99. The average Bonchev–Trinajstić information content (AvgIpc) is 2.66. The molecule has 86 valence electrons. The Bertz CT molecular complexity index is 485. The van der Waals surface area contributed by atoms with Crippen LogP contribution in [0.5, 0.6) is 5.75 Å². The normalized spacial score (nSPS) is 10.9. The summed E-state index contributed by atoms with van der Waals surface area (Å²) in [6.07, 6.45) is 3.60. The van der Waals surface area contributed by atoms with E-state index in [4.69, 9.17) is 4.74 Å². The molecule has 1 N–H and O–H groups in total. The number of unbranched alkanes of at least 4 members (excludes halogenated alkanes) is 1. The van der Waals surface area contributed by atoms with E-state index in [-0.39, 0.29) is 0 Å². The Morgan fingerprint density at radius 2 is 2.06 bits per heavy atom. The van der Waals surface area contributed by atoms with Crippen molar-refractivity contribution in [3.8, 4) is 5.75 Å². The molecule has 0 aliphatic rings. The van der Waals surface area contributed by atoms with Crippen LogP contribution >= 0.6 is 0 Å². The topological polar surface area (TPSA) is 25.0 Å². The SMILES string of the molecule is CCCCc1cc2cc(OC)c(C)cc2[nH]1. The Morgan fingerprint density at radius 3 is 2.75 bits per heavy atom. The standard InChI is InChI=1S/C14H19NO/c1-4-5-6-12-8-11-9-14(16-3)10(2)7-13(11)15-12/h7-9,15H,4-6H2,1-3H3. The number of hydrogen-bond donors (Lipinski definition) is 1. The van der Waals surface area contributed by atoms with Gasteiger partial charge in [-0.05, 0) is 43.5 Å². The largest absolute Gasteiger partial charge is 0.496 e. The van der Waals surface area contributed by atoms with Gasteiger partial charge in [0.25, 0.3) is 0 Å². The molecule has 0 bridgehead atoms. The molecule has 1 aromatic carbocycles. The van der Waals surface area contributed by atoms with E-state index in [1.807, 2.05) is 0 Å². The van der Waals surface area contributed by atoms with Gasteiger partial charge in [-0.15, -0.1) is 0 Å². The lowest BCUT2D eigenvalue weighted by Gasteiger charge is -2.03. The second-order valence-electron chi connectivity index (χ2n) is 4.31. The minimum atomic E-state index is 0.966. The molecule has 0 amide bonds. The predicted molar refractivity (Wildman–Crippen MR) is 68.2 cm³/mol. The van der Waals surface area contributed by atoms with E-state index in [1.54, 1.807) is 7.11 Å². The van der Waals surface area contributed by atoms with Crippen LogP contribution in [0.2, 0.25) is 0 Å². The summed E-state index contributed by atoms with van der Waals surface area (Å²) in [6.45, 7) is 4.29. The number of hydrogen-bond acceptors (Lipinski definition) is 1. The number of ether oxygens (including phenoxy) is 1. The van der Waals surface area contributed by atoms with Crippen molar-refractivity contribution in [1.29, 1.82) is 0 Å². The monoisotopic (exact) mass is 217 g/mol. The van der Waals surface area contributed by atoms with Crippen molar-refractivity contribution < 1.29 is 4.74 Å². The zero-order valence-corrected chi connectivity index (χ0v) is 10.3. The van der Waals surface area contributed by atoms with E-state index in [0.717, 1.165) is 12.2 Å². The first-order valence-corrected chi connectivity index (χ1v) is 5.91. The van der Waals surface area contributed by atoms with Gasteiger partial charge in [0.05, 0.1) is 7.11 Å². The maximum Gasteiger partial charge on any atom is 0.122 e. The molecule has 1 heterocycles. The Kier molecular flexibility index (Phi) is 3.18. The Hall–Kier alpha value is -1.44. The van der Waals surface area contributed by atoms with Crippen molar-refractivity contribution in [2.75, 3.05) is 7.11 Å². The van der Waals surface area contributed by atoms with Crippen LogP contribution in [0.3, 0.4) is 0 Å². The second-order valence-corrected chi connectivity index (χ2v) is 4.31.